The minimum Gasteiger partial charge on any atom is -0.379 e. The molecule has 2 N–H and O–H groups in total. The first-order valence-electron chi connectivity index (χ1n) is 5.96. The van der Waals surface area contributed by atoms with Crippen LogP contribution in [0.1, 0.15) is 13.3 Å². The summed E-state index contributed by atoms with van der Waals surface area (Å²) in [6.45, 7) is 5.62. The first kappa shape index (κ1) is 14.7. The lowest BCUT2D eigenvalue weighted by Crippen LogP contribution is -2.53. The van der Waals surface area contributed by atoms with Gasteiger partial charge in [0.2, 0.25) is 5.91 Å². The predicted molar refractivity (Wildman–Crippen MR) is 66.4 cm³/mol. The molecule has 1 amide bonds. The normalized spacial score (nSPS) is 25.8. The summed E-state index contributed by atoms with van der Waals surface area (Å²) in [6, 6.07) is 0.0775. The van der Waals surface area contributed by atoms with Crippen LogP contribution < -0.4 is 10.6 Å². The fraction of sp³-hybridized carbons (Fsp3) is 0.909. The van der Waals surface area contributed by atoms with Gasteiger partial charge in [0.1, 0.15) is 0 Å². The molecule has 2 unspecified atom stereocenters. The third-order valence-electron chi connectivity index (χ3n) is 3.01. The number of carbonyl (C=O) groups excluding carboxylic acids is 1. The highest BCUT2D eigenvalue weighted by molar-refractivity contribution is 5.85. The van der Waals surface area contributed by atoms with Crippen LogP contribution in [0, 0.1) is 5.92 Å². The molecule has 0 aliphatic carbocycles. The monoisotopic (exact) mass is 264 g/mol. The van der Waals surface area contributed by atoms with Crippen LogP contribution in [0.4, 0.5) is 0 Å². The minimum atomic E-state index is 0. The van der Waals surface area contributed by atoms with E-state index in [2.05, 4.69) is 10.6 Å². The second-order valence-corrected chi connectivity index (χ2v) is 4.58. The molecule has 0 spiro atoms. The number of ether oxygens (including phenoxy) is 2. The van der Waals surface area contributed by atoms with Gasteiger partial charge < -0.3 is 20.1 Å². The summed E-state index contributed by atoms with van der Waals surface area (Å²) >= 11 is 0. The van der Waals surface area contributed by atoms with E-state index in [0.717, 1.165) is 26.1 Å². The standard InChI is InChI=1S/C11H20N2O3.ClH/c1-8(6-16-10-2-3-15-7-10)13-11(14)9-4-12-5-9;/h8-10,12H,2-7H2,1H3,(H,13,14);1H. The summed E-state index contributed by atoms with van der Waals surface area (Å²) in [5, 5.41) is 6.04. The van der Waals surface area contributed by atoms with Crippen LogP contribution in [-0.4, -0.2) is 51.0 Å². The number of hydrogen-bond donors (Lipinski definition) is 2. The largest absolute Gasteiger partial charge is 0.379 e. The molecule has 5 nitrogen and oxygen atoms in total. The quantitative estimate of drug-likeness (QED) is 0.730. The molecule has 2 heterocycles. The molecular formula is C11H21ClN2O3. The Morgan fingerprint density at radius 2 is 2.35 bits per heavy atom. The van der Waals surface area contributed by atoms with Crippen molar-refractivity contribution in [3.8, 4) is 0 Å². The van der Waals surface area contributed by atoms with Crippen molar-refractivity contribution in [1.82, 2.24) is 10.6 Å². The Kier molecular flexibility index (Phi) is 6.19. The molecule has 2 aliphatic rings. The van der Waals surface area contributed by atoms with E-state index >= 15 is 0 Å². The van der Waals surface area contributed by atoms with E-state index in [-0.39, 0.29) is 36.4 Å². The molecule has 100 valence electrons. The third kappa shape index (κ3) is 4.43. The maximum atomic E-state index is 11.6. The van der Waals surface area contributed by atoms with Crippen molar-refractivity contribution in [3.05, 3.63) is 0 Å². The molecule has 2 saturated heterocycles. The van der Waals surface area contributed by atoms with E-state index in [9.17, 15) is 4.79 Å². The summed E-state index contributed by atoms with van der Waals surface area (Å²) in [5.41, 5.74) is 0. The molecule has 2 atom stereocenters. The summed E-state index contributed by atoms with van der Waals surface area (Å²) in [4.78, 5) is 11.6. The lowest BCUT2D eigenvalue weighted by molar-refractivity contribution is -0.127. The van der Waals surface area contributed by atoms with Crippen LogP contribution in [0.3, 0.4) is 0 Å². The molecule has 0 bridgehead atoms. The van der Waals surface area contributed by atoms with Gasteiger partial charge in [-0.2, -0.15) is 0 Å². The Labute approximate surface area is 108 Å². The SMILES string of the molecule is CC(COC1CCOC1)NC(=O)C1CNC1.Cl. The van der Waals surface area contributed by atoms with E-state index in [1.807, 2.05) is 6.92 Å². The zero-order valence-electron chi connectivity index (χ0n) is 10.1. The number of halogens is 1. The van der Waals surface area contributed by atoms with E-state index in [1.165, 1.54) is 0 Å². The third-order valence-corrected chi connectivity index (χ3v) is 3.01. The molecule has 0 aromatic heterocycles. The first-order valence-corrected chi connectivity index (χ1v) is 5.96. The number of carbonyl (C=O) groups is 1. The van der Waals surface area contributed by atoms with Crippen LogP contribution in [-0.2, 0) is 14.3 Å². The van der Waals surface area contributed by atoms with Gasteiger partial charge >= 0.3 is 0 Å². The van der Waals surface area contributed by atoms with Crippen LogP contribution in [0.5, 0.6) is 0 Å². The van der Waals surface area contributed by atoms with Gasteiger partial charge in [-0.1, -0.05) is 0 Å². The van der Waals surface area contributed by atoms with Gasteiger partial charge in [0.05, 0.1) is 25.2 Å². The van der Waals surface area contributed by atoms with E-state index < -0.39 is 0 Å². The van der Waals surface area contributed by atoms with Crippen molar-refractivity contribution in [3.63, 3.8) is 0 Å². The fourth-order valence-electron chi connectivity index (χ4n) is 1.80. The second kappa shape index (κ2) is 7.16. The van der Waals surface area contributed by atoms with Gasteiger partial charge in [0, 0.05) is 25.7 Å². The second-order valence-electron chi connectivity index (χ2n) is 4.58. The number of nitrogens with one attached hydrogen (secondary N) is 2. The topological polar surface area (TPSA) is 59.6 Å². The predicted octanol–water partition coefficient (Wildman–Crippen LogP) is -0.0622. The zero-order chi connectivity index (χ0) is 11.4. The van der Waals surface area contributed by atoms with Crippen molar-refractivity contribution in [1.29, 1.82) is 0 Å². The number of amides is 1. The van der Waals surface area contributed by atoms with Gasteiger partial charge in [-0.3, -0.25) is 4.79 Å². The number of hydrogen-bond acceptors (Lipinski definition) is 4. The summed E-state index contributed by atoms with van der Waals surface area (Å²) in [5.74, 6) is 0.287. The Morgan fingerprint density at radius 3 is 2.88 bits per heavy atom. The highest BCUT2D eigenvalue weighted by atomic mass is 35.5. The zero-order valence-corrected chi connectivity index (χ0v) is 10.9. The van der Waals surface area contributed by atoms with Crippen molar-refractivity contribution in [2.45, 2.75) is 25.5 Å². The molecular weight excluding hydrogens is 244 g/mol. The highest BCUT2D eigenvalue weighted by Crippen LogP contribution is 2.08. The van der Waals surface area contributed by atoms with Crippen molar-refractivity contribution >= 4 is 18.3 Å². The fourth-order valence-corrected chi connectivity index (χ4v) is 1.80. The molecule has 2 rings (SSSR count). The first-order chi connectivity index (χ1) is 7.75. The van der Waals surface area contributed by atoms with E-state index in [1.54, 1.807) is 0 Å². The van der Waals surface area contributed by atoms with Crippen LogP contribution in [0.25, 0.3) is 0 Å². The minimum absolute atomic E-state index is 0. The van der Waals surface area contributed by atoms with Gasteiger partial charge in [0.15, 0.2) is 0 Å². The smallest absolute Gasteiger partial charge is 0.225 e. The lowest BCUT2D eigenvalue weighted by atomic mass is 10.0. The molecule has 0 aromatic rings. The molecule has 2 aliphatic heterocycles. The van der Waals surface area contributed by atoms with Gasteiger partial charge in [-0.25, -0.2) is 0 Å². The van der Waals surface area contributed by atoms with Crippen LogP contribution in [0.15, 0.2) is 0 Å². The maximum Gasteiger partial charge on any atom is 0.225 e. The van der Waals surface area contributed by atoms with Crippen LogP contribution in [0.2, 0.25) is 0 Å². The Morgan fingerprint density at radius 1 is 1.59 bits per heavy atom. The molecule has 17 heavy (non-hydrogen) atoms. The van der Waals surface area contributed by atoms with E-state index in [0.29, 0.717) is 13.2 Å². The number of rotatable bonds is 5. The molecule has 6 heteroatoms. The molecule has 0 saturated carbocycles. The van der Waals surface area contributed by atoms with Crippen LogP contribution >= 0.6 is 12.4 Å². The van der Waals surface area contributed by atoms with Crippen molar-refractivity contribution in [2.75, 3.05) is 32.9 Å². The molecule has 2 fully saturated rings. The lowest BCUT2D eigenvalue weighted by Gasteiger charge is -2.27. The molecule has 0 aromatic carbocycles. The molecule has 0 radical (unpaired) electrons. The average Bonchev–Trinajstić information content (AvgIpc) is 2.63. The average molecular weight is 265 g/mol. The Bertz CT molecular complexity index is 243. The van der Waals surface area contributed by atoms with Crippen molar-refractivity contribution < 1.29 is 14.3 Å². The maximum absolute atomic E-state index is 11.6. The Balaban J connectivity index is 0.00000144. The van der Waals surface area contributed by atoms with E-state index in [4.69, 9.17) is 9.47 Å². The highest BCUT2D eigenvalue weighted by Gasteiger charge is 2.26. The van der Waals surface area contributed by atoms with Crippen molar-refractivity contribution in [2.24, 2.45) is 5.92 Å². The Hall–Kier alpha value is -0.360. The summed E-state index contributed by atoms with van der Waals surface area (Å²) < 4.78 is 10.9. The summed E-state index contributed by atoms with van der Waals surface area (Å²) in [7, 11) is 0. The van der Waals surface area contributed by atoms with Gasteiger partial charge in [-0.05, 0) is 13.3 Å². The van der Waals surface area contributed by atoms with Gasteiger partial charge in [0.25, 0.3) is 0 Å². The summed E-state index contributed by atoms with van der Waals surface area (Å²) in [6.07, 6.45) is 1.18. The van der Waals surface area contributed by atoms with Gasteiger partial charge in [-0.15, -0.1) is 12.4 Å².